The Bertz CT molecular complexity index is 622. The predicted octanol–water partition coefficient (Wildman–Crippen LogP) is 6.42. The van der Waals surface area contributed by atoms with Crippen LogP contribution in [-0.4, -0.2) is 6.71 Å². The van der Waals surface area contributed by atoms with Gasteiger partial charge in [-0.15, -0.1) is 0 Å². The van der Waals surface area contributed by atoms with E-state index in [-0.39, 0.29) is 0 Å². The van der Waals surface area contributed by atoms with Crippen molar-refractivity contribution in [3.05, 3.63) is 58.7 Å². The van der Waals surface area contributed by atoms with E-state index in [1.54, 1.807) is 0 Å². The molecular weight excluding hydrogens is 311 g/mol. The van der Waals surface area contributed by atoms with Crippen molar-refractivity contribution < 1.29 is 0 Å². The molecule has 0 aliphatic heterocycles. The Morgan fingerprint density at radius 2 is 0.692 bits per heavy atom. The molecular formula is C25H37B. The number of rotatable bonds is 6. The van der Waals surface area contributed by atoms with Gasteiger partial charge in [-0.2, -0.15) is 0 Å². The maximum absolute atomic E-state index is 2.43. The molecule has 0 bridgehead atoms. The molecule has 0 atom stereocenters. The minimum absolute atomic E-state index is 0.419. The molecule has 140 valence electrons. The predicted molar refractivity (Wildman–Crippen MR) is 120 cm³/mol. The van der Waals surface area contributed by atoms with Gasteiger partial charge in [0.1, 0.15) is 0 Å². The van der Waals surface area contributed by atoms with Crippen LogP contribution in [0.4, 0.5) is 0 Å². The third kappa shape index (κ3) is 4.81. The maximum Gasteiger partial charge on any atom is 0.206 e. The van der Waals surface area contributed by atoms with Crippen LogP contribution in [-0.2, 0) is 0 Å². The zero-order chi connectivity index (χ0) is 19.6. The highest BCUT2D eigenvalue weighted by atomic mass is 14.1. The lowest BCUT2D eigenvalue weighted by molar-refractivity contribution is 0.835. The highest BCUT2D eigenvalue weighted by Gasteiger charge is 2.19. The molecule has 0 unspecified atom stereocenters. The molecule has 0 heterocycles. The van der Waals surface area contributed by atoms with Crippen molar-refractivity contribution >= 4 is 17.6 Å². The first-order chi connectivity index (χ1) is 12.1. The van der Waals surface area contributed by atoms with Gasteiger partial charge in [0.15, 0.2) is 0 Å². The van der Waals surface area contributed by atoms with E-state index in [0.717, 1.165) is 0 Å². The van der Waals surface area contributed by atoms with Crippen molar-refractivity contribution in [2.24, 2.45) is 0 Å². The molecule has 0 nitrogen and oxygen atoms in total. The second-order valence-electron chi connectivity index (χ2n) is 9.21. The molecule has 0 aromatic heterocycles. The molecule has 0 aliphatic carbocycles. The second-order valence-corrected chi connectivity index (χ2v) is 9.21. The van der Waals surface area contributed by atoms with E-state index in [4.69, 9.17) is 0 Å². The molecule has 2 aromatic carbocycles. The molecule has 0 saturated heterocycles. The van der Waals surface area contributed by atoms with E-state index in [9.17, 15) is 0 Å². The lowest BCUT2D eigenvalue weighted by Crippen LogP contribution is -2.40. The summed E-state index contributed by atoms with van der Waals surface area (Å²) in [6, 6.07) is 14.5. The highest BCUT2D eigenvalue weighted by molar-refractivity contribution is 6.84. The van der Waals surface area contributed by atoms with E-state index in [1.807, 2.05) is 0 Å². The first kappa shape index (κ1) is 20.8. The molecule has 2 rings (SSSR count). The van der Waals surface area contributed by atoms with Gasteiger partial charge < -0.3 is 0 Å². The van der Waals surface area contributed by atoms with Crippen LogP contribution >= 0.6 is 0 Å². The molecule has 0 N–H and O–H groups in total. The normalized spacial score (nSPS) is 11.9. The fourth-order valence-electron chi connectivity index (χ4n) is 3.43. The SMILES string of the molecule is CB(c1cc(C(C)C)cc(C(C)C)c1)c1cc(C(C)C)cc(C(C)C)c1. The summed E-state index contributed by atoms with van der Waals surface area (Å²) in [6.07, 6.45) is 0. The van der Waals surface area contributed by atoms with Crippen LogP contribution in [0, 0.1) is 0 Å². The molecule has 2 aromatic rings. The van der Waals surface area contributed by atoms with Gasteiger partial charge in [-0.25, -0.2) is 0 Å². The summed E-state index contributed by atoms with van der Waals surface area (Å²) in [6.45, 7) is 21.2. The van der Waals surface area contributed by atoms with E-state index < -0.39 is 0 Å². The van der Waals surface area contributed by atoms with Crippen molar-refractivity contribution in [3.8, 4) is 0 Å². The first-order valence-electron chi connectivity index (χ1n) is 10.4. The molecule has 0 amide bonds. The summed E-state index contributed by atoms with van der Waals surface area (Å²) in [7, 11) is 0. The first-order valence-corrected chi connectivity index (χ1v) is 10.4. The van der Waals surface area contributed by atoms with Gasteiger partial charge in [0.2, 0.25) is 6.71 Å². The smallest absolute Gasteiger partial charge is 0.0774 e. The molecule has 0 fully saturated rings. The Morgan fingerprint density at radius 3 is 0.885 bits per heavy atom. The van der Waals surface area contributed by atoms with Crippen molar-refractivity contribution in [2.75, 3.05) is 0 Å². The van der Waals surface area contributed by atoms with Crippen LogP contribution in [0.15, 0.2) is 36.4 Å². The van der Waals surface area contributed by atoms with Gasteiger partial charge in [0.05, 0.1) is 0 Å². The maximum atomic E-state index is 2.43. The fourth-order valence-corrected chi connectivity index (χ4v) is 3.43. The number of benzene rings is 2. The zero-order valence-electron chi connectivity index (χ0n) is 18.4. The van der Waals surface area contributed by atoms with E-state index in [0.29, 0.717) is 30.4 Å². The van der Waals surface area contributed by atoms with Crippen molar-refractivity contribution in [3.63, 3.8) is 0 Å². The Balaban J connectivity index is 2.56. The number of hydrogen-bond donors (Lipinski definition) is 0. The average Bonchev–Trinajstić information content (AvgIpc) is 2.59. The average molecular weight is 348 g/mol. The Hall–Kier alpha value is -1.50. The molecule has 26 heavy (non-hydrogen) atoms. The van der Waals surface area contributed by atoms with Gasteiger partial charge in [-0.3, -0.25) is 0 Å². The Morgan fingerprint density at radius 1 is 0.462 bits per heavy atom. The molecule has 0 radical (unpaired) electrons. The summed E-state index contributed by atoms with van der Waals surface area (Å²) in [4.78, 5) is 0. The molecule has 0 saturated carbocycles. The second kappa shape index (κ2) is 8.46. The lowest BCUT2D eigenvalue weighted by Gasteiger charge is -2.20. The van der Waals surface area contributed by atoms with Crippen LogP contribution in [0.3, 0.4) is 0 Å². The van der Waals surface area contributed by atoms with Gasteiger partial charge >= 0.3 is 0 Å². The molecule has 1 heteroatoms. The van der Waals surface area contributed by atoms with Crippen LogP contribution < -0.4 is 10.9 Å². The monoisotopic (exact) mass is 348 g/mol. The fraction of sp³-hybridized carbons (Fsp3) is 0.520. The van der Waals surface area contributed by atoms with E-state index >= 15 is 0 Å². The van der Waals surface area contributed by atoms with Crippen molar-refractivity contribution in [1.29, 1.82) is 0 Å². The summed E-state index contributed by atoms with van der Waals surface area (Å²) < 4.78 is 0. The zero-order valence-corrected chi connectivity index (χ0v) is 18.4. The van der Waals surface area contributed by atoms with Crippen LogP contribution in [0.1, 0.15) is 101 Å². The van der Waals surface area contributed by atoms with Gasteiger partial charge in [0.25, 0.3) is 0 Å². The largest absolute Gasteiger partial charge is 0.206 e. The van der Waals surface area contributed by atoms with Gasteiger partial charge in [-0.1, -0.05) is 110 Å². The van der Waals surface area contributed by atoms with E-state index in [2.05, 4.69) is 98.6 Å². The third-order valence-electron chi connectivity index (χ3n) is 5.67. The van der Waals surface area contributed by atoms with Crippen LogP contribution in [0.2, 0.25) is 6.82 Å². The summed E-state index contributed by atoms with van der Waals surface area (Å²) in [5.74, 6) is 2.25. The quantitative estimate of drug-likeness (QED) is 0.529. The standard InChI is InChI=1S/C25H37B/c1-16(2)20-10-21(17(3)4)13-24(12-20)26(9)25-14-22(18(5)6)11-23(15-25)19(7)8/h10-19H,1-9H3. The Labute approximate surface area is 162 Å². The van der Waals surface area contributed by atoms with Crippen molar-refractivity contribution in [2.45, 2.75) is 85.9 Å². The third-order valence-corrected chi connectivity index (χ3v) is 5.67. The molecule has 0 aliphatic rings. The van der Waals surface area contributed by atoms with Gasteiger partial charge in [0, 0.05) is 0 Å². The number of hydrogen-bond acceptors (Lipinski definition) is 0. The minimum atomic E-state index is 0.419. The lowest BCUT2D eigenvalue weighted by atomic mass is 9.42. The minimum Gasteiger partial charge on any atom is -0.0774 e. The highest BCUT2D eigenvalue weighted by Crippen LogP contribution is 2.22. The van der Waals surface area contributed by atoms with E-state index in [1.165, 1.54) is 33.2 Å². The summed E-state index contributed by atoms with van der Waals surface area (Å²) in [5, 5.41) is 0. The molecule has 0 spiro atoms. The topological polar surface area (TPSA) is 0 Å². The summed E-state index contributed by atoms with van der Waals surface area (Å²) in [5.41, 5.74) is 8.75. The van der Waals surface area contributed by atoms with Crippen LogP contribution in [0.25, 0.3) is 0 Å². The van der Waals surface area contributed by atoms with Gasteiger partial charge in [-0.05, 0) is 45.9 Å². The van der Waals surface area contributed by atoms with Crippen molar-refractivity contribution in [1.82, 2.24) is 0 Å². The van der Waals surface area contributed by atoms with Crippen LogP contribution in [0.5, 0.6) is 0 Å². The summed E-state index contributed by atoms with van der Waals surface area (Å²) >= 11 is 0. The Kier molecular flexibility index (Phi) is 6.77.